The normalized spacial score (nSPS) is 11.3. The summed E-state index contributed by atoms with van der Waals surface area (Å²) < 4.78 is 15.5. The van der Waals surface area contributed by atoms with E-state index in [2.05, 4.69) is 15.0 Å². The lowest BCUT2D eigenvalue weighted by atomic mass is 10.2. The molecule has 0 spiro atoms. The van der Waals surface area contributed by atoms with Crippen LogP contribution in [-0.4, -0.2) is 19.4 Å². The number of fused-ring (bicyclic) bond motifs is 3. The van der Waals surface area contributed by atoms with Crippen LogP contribution >= 0.6 is 0 Å². The number of para-hydroxylation sites is 2. The van der Waals surface area contributed by atoms with Crippen LogP contribution in [0.4, 0.5) is 4.39 Å². The van der Waals surface area contributed by atoms with Gasteiger partial charge in [0.05, 0.1) is 22.4 Å². The molecule has 0 aliphatic rings. The zero-order valence-corrected chi connectivity index (χ0v) is 11.3. The molecule has 0 aliphatic heterocycles. The second-order valence-electron chi connectivity index (χ2n) is 4.87. The van der Waals surface area contributed by atoms with Gasteiger partial charge in [-0.2, -0.15) is 0 Å². The molecular weight excluding hydrogens is 267 g/mol. The van der Waals surface area contributed by atoms with E-state index in [4.69, 9.17) is 0 Å². The van der Waals surface area contributed by atoms with E-state index in [-0.39, 0.29) is 5.82 Å². The Morgan fingerprint density at radius 2 is 1.95 bits per heavy atom. The van der Waals surface area contributed by atoms with Crippen molar-refractivity contribution in [2.45, 2.75) is 6.92 Å². The molecule has 0 saturated carbocycles. The lowest BCUT2D eigenvalue weighted by Crippen LogP contribution is -1.94. The van der Waals surface area contributed by atoms with Crippen molar-refractivity contribution >= 4 is 16.8 Å². The van der Waals surface area contributed by atoms with Crippen LogP contribution in [0.1, 0.15) is 5.69 Å². The van der Waals surface area contributed by atoms with Crippen molar-refractivity contribution in [3.63, 3.8) is 0 Å². The summed E-state index contributed by atoms with van der Waals surface area (Å²) in [6, 6.07) is 11.1. The van der Waals surface area contributed by atoms with Crippen LogP contribution in [0.5, 0.6) is 0 Å². The van der Waals surface area contributed by atoms with Crippen molar-refractivity contribution in [2.75, 3.05) is 0 Å². The molecule has 1 aromatic carbocycles. The standard InChI is InChI=1S/C16H11FN4/c1-10-12(17)8-11(9-18-10)13-6-7-21-15-5-3-2-4-14(15)20-16(21)19-13/h2-9H,1H3. The highest BCUT2D eigenvalue weighted by atomic mass is 19.1. The molecule has 0 unspecified atom stereocenters. The van der Waals surface area contributed by atoms with Crippen molar-refractivity contribution in [1.29, 1.82) is 0 Å². The van der Waals surface area contributed by atoms with E-state index in [0.29, 0.717) is 22.7 Å². The van der Waals surface area contributed by atoms with E-state index in [0.717, 1.165) is 11.0 Å². The predicted octanol–water partition coefficient (Wildman–Crippen LogP) is 3.39. The van der Waals surface area contributed by atoms with Crippen LogP contribution in [0, 0.1) is 12.7 Å². The monoisotopic (exact) mass is 278 g/mol. The van der Waals surface area contributed by atoms with Crippen molar-refractivity contribution in [3.8, 4) is 11.3 Å². The van der Waals surface area contributed by atoms with Gasteiger partial charge < -0.3 is 0 Å². The number of hydrogen-bond donors (Lipinski definition) is 0. The Hall–Kier alpha value is -2.82. The molecule has 4 nitrogen and oxygen atoms in total. The molecule has 0 aliphatic carbocycles. The molecule has 0 fully saturated rings. The number of pyridine rings is 1. The fraction of sp³-hybridized carbons (Fsp3) is 0.0625. The molecule has 0 N–H and O–H groups in total. The summed E-state index contributed by atoms with van der Waals surface area (Å²) in [4.78, 5) is 13.0. The van der Waals surface area contributed by atoms with Gasteiger partial charge in [0.2, 0.25) is 5.78 Å². The minimum atomic E-state index is -0.331. The summed E-state index contributed by atoms with van der Waals surface area (Å²) in [5.41, 5.74) is 3.57. The van der Waals surface area contributed by atoms with Gasteiger partial charge in [-0.25, -0.2) is 14.4 Å². The zero-order valence-electron chi connectivity index (χ0n) is 11.3. The van der Waals surface area contributed by atoms with Gasteiger partial charge in [0.1, 0.15) is 5.82 Å². The minimum absolute atomic E-state index is 0.331. The van der Waals surface area contributed by atoms with Crippen LogP contribution in [0.15, 0.2) is 48.8 Å². The Labute approximate surface area is 119 Å². The third kappa shape index (κ3) is 1.86. The van der Waals surface area contributed by atoms with E-state index >= 15 is 0 Å². The number of aryl methyl sites for hydroxylation is 1. The summed E-state index contributed by atoms with van der Waals surface area (Å²) in [7, 11) is 0. The molecule has 3 aromatic heterocycles. The lowest BCUT2D eigenvalue weighted by Gasteiger charge is -2.03. The first-order valence-electron chi connectivity index (χ1n) is 6.59. The van der Waals surface area contributed by atoms with Crippen molar-refractivity contribution in [1.82, 2.24) is 19.4 Å². The Bertz CT molecular complexity index is 975. The van der Waals surface area contributed by atoms with E-state index in [1.807, 2.05) is 40.9 Å². The van der Waals surface area contributed by atoms with E-state index in [1.165, 1.54) is 6.07 Å². The maximum Gasteiger partial charge on any atom is 0.235 e. The van der Waals surface area contributed by atoms with Crippen molar-refractivity contribution < 1.29 is 4.39 Å². The quantitative estimate of drug-likeness (QED) is 0.536. The second-order valence-corrected chi connectivity index (χ2v) is 4.87. The van der Waals surface area contributed by atoms with Crippen LogP contribution in [0.2, 0.25) is 0 Å². The smallest absolute Gasteiger partial charge is 0.235 e. The van der Waals surface area contributed by atoms with Gasteiger partial charge in [0, 0.05) is 18.0 Å². The molecule has 4 rings (SSSR count). The number of rotatable bonds is 1. The first-order chi connectivity index (χ1) is 10.2. The van der Waals surface area contributed by atoms with Crippen LogP contribution in [0.3, 0.4) is 0 Å². The molecule has 102 valence electrons. The third-order valence-corrected chi connectivity index (χ3v) is 3.50. The number of aromatic nitrogens is 4. The number of halogens is 1. The summed E-state index contributed by atoms with van der Waals surface area (Å²) in [6.45, 7) is 1.64. The average molecular weight is 278 g/mol. The highest BCUT2D eigenvalue weighted by Crippen LogP contribution is 2.21. The summed E-state index contributed by atoms with van der Waals surface area (Å²) >= 11 is 0. The SMILES string of the molecule is Cc1ncc(-c2ccn3c(n2)nc2ccccc23)cc1F. The fourth-order valence-corrected chi connectivity index (χ4v) is 2.35. The Morgan fingerprint density at radius 3 is 2.81 bits per heavy atom. The fourth-order valence-electron chi connectivity index (χ4n) is 2.35. The second kappa shape index (κ2) is 4.34. The van der Waals surface area contributed by atoms with E-state index < -0.39 is 0 Å². The van der Waals surface area contributed by atoms with E-state index in [1.54, 1.807) is 13.1 Å². The average Bonchev–Trinajstić information content (AvgIpc) is 2.87. The minimum Gasteiger partial charge on any atom is -0.284 e. The maximum absolute atomic E-state index is 13.6. The molecule has 5 heteroatoms. The van der Waals surface area contributed by atoms with Crippen LogP contribution < -0.4 is 0 Å². The van der Waals surface area contributed by atoms with Crippen LogP contribution in [-0.2, 0) is 0 Å². The molecule has 0 amide bonds. The first-order valence-corrected chi connectivity index (χ1v) is 6.59. The zero-order chi connectivity index (χ0) is 14.4. The Morgan fingerprint density at radius 1 is 1.10 bits per heavy atom. The first kappa shape index (κ1) is 12.0. The van der Waals surface area contributed by atoms with Gasteiger partial charge >= 0.3 is 0 Å². The molecule has 4 aromatic rings. The summed E-state index contributed by atoms with van der Waals surface area (Å²) in [6.07, 6.45) is 3.52. The van der Waals surface area contributed by atoms with Gasteiger partial charge in [-0.15, -0.1) is 0 Å². The number of imidazole rings is 1. The largest absolute Gasteiger partial charge is 0.284 e. The van der Waals surface area contributed by atoms with Gasteiger partial charge in [-0.3, -0.25) is 9.38 Å². The molecule has 21 heavy (non-hydrogen) atoms. The van der Waals surface area contributed by atoms with Crippen LogP contribution in [0.25, 0.3) is 28.1 Å². The van der Waals surface area contributed by atoms with E-state index in [9.17, 15) is 4.39 Å². The lowest BCUT2D eigenvalue weighted by molar-refractivity contribution is 0.610. The number of benzene rings is 1. The maximum atomic E-state index is 13.6. The Balaban J connectivity index is 1.94. The Kier molecular flexibility index (Phi) is 2.47. The summed E-state index contributed by atoms with van der Waals surface area (Å²) in [5.74, 6) is 0.261. The third-order valence-electron chi connectivity index (χ3n) is 3.50. The number of nitrogens with zero attached hydrogens (tertiary/aromatic N) is 4. The van der Waals surface area contributed by atoms with Crippen molar-refractivity contribution in [3.05, 3.63) is 60.3 Å². The number of hydrogen-bond acceptors (Lipinski definition) is 3. The van der Waals surface area contributed by atoms with Gasteiger partial charge in [0.15, 0.2) is 0 Å². The highest BCUT2D eigenvalue weighted by Gasteiger charge is 2.08. The van der Waals surface area contributed by atoms with Crippen molar-refractivity contribution in [2.24, 2.45) is 0 Å². The highest BCUT2D eigenvalue weighted by molar-refractivity contribution is 5.79. The molecule has 0 bridgehead atoms. The van der Waals surface area contributed by atoms with Gasteiger partial charge in [-0.05, 0) is 31.2 Å². The topological polar surface area (TPSA) is 43.1 Å². The molecule has 0 radical (unpaired) electrons. The molecule has 3 heterocycles. The molecule has 0 saturated heterocycles. The van der Waals surface area contributed by atoms with Gasteiger partial charge in [0.25, 0.3) is 0 Å². The summed E-state index contributed by atoms with van der Waals surface area (Å²) in [5, 5.41) is 0. The molecule has 0 atom stereocenters. The van der Waals surface area contributed by atoms with Gasteiger partial charge in [-0.1, -0.05) is 12.1 Å². The molecular formula is C16H11FN4. The predicted molar refractivity (Wildman–Crippen MR) is 78.4 cm³/mol.